The van der Waals surface area contributed by atoms with Crippen LogP contribution in [0.25, 0.3) is 0 Å². The Morgan fingerprint density at radius 2 is 1.71 bits per heavy atom. The van der Waals surface area contributed by atoms with Gasteiger partial charge in [0.25, 0.3) is 0 Å². The standard InChI is InChI=1S/C18H20N2O/c1-13(14-5-3-2-4-6-14)20-17(21)18(11-12-18)15-7-9-16(19)10-8-15/h2-10,13H,11-12,19H2,1H3,(H,20,21)/t13-/m0/s1. The number of anilines is 1. The molecule has 1 amide bonds. The molecule has 3 N–H and O–H groups in total. The summed E-state index contributed by atoms with van der Waals surface area (Å²) in [6, 6.07) is 17.7. The first kappa shape index (κ1) is 13.7. The van der Waals surface area contributed by atoms with Crippen molar-refractivity contribution in [3.05, 3.63) is 65.7 Å². The molecule has 2 aromatic rings. The molecule has 3 nitrogen and oxygen atoms in total. The summed E-state index contributed by atoms with van der Waals surface area (Å²) >= 11 is 0. The van der Waals surface area contributed by atoms with Crippen LogP contribution in [-0.2, 0) is 10.2 Å². The highest BCUT2D eigenvalue weighted by molar-refractivity contribution is 5.91. The quantitative estimate of drug-likeness (QED) is 0.845. The SMILES string of the molecule is C[C@H](NC(=O)C1(c2ccc(N)cc2)CC1)c1ccccc1. The van der Waals surface area contributed by atoms with E-state index >= 15 is 0 Å². The van der Waals surface area contributed by atoms with Crippen LogP contribution in [0.2, 0.25) is 0 Å². The van der Waals surface area contributed by atoms with E-state index in [1.807, 2.05) is 61.5 Å². The molecule has 108 valence electrons. The Morgan fingerprint density at radius 3 is 2.29 bits per heavy atom. The summed E-state index contributed by atoms with van der Waals surface area (Å²) < 4.78 is 0. The number of carbonyl (C=O) groups is 1. The van der Waals surface area contributed by atoms with Crippen LogP contribution in [0.3, 0.4) is 0 Å². The van der Waals surface area contributed by atoms with Gasteiger partial charge in [0.2, 0.25) is 5.91 Å². The topological polar surface area (TPSA) is 55.1 Å². The molecule has 21 heavy (non-hydrogen) atoms. The minimum absolute atomic E-state index is 0.0185. The van der Waals surface area contributed by atoms with E-state index in [9.17, 15) is 4.79 Å². The van der Waals surface area contributed by atoms with E-state index in [1.165, 1.54) is 0 Å². The van der Waals surface area contributed by atoms with Gasteiger partial charge in [-0.2, -0.15) is 0 Å². The molecule has 1 saturated carbocycles. The first-order chi connectivity index (χ1) is 10.1. The molecular weight excluding hydrogens is 260 g/mol. The number of amides is 1. The van der Waals surface area contributed by atoms with Crippen LogP contribution in [0, 0.1) is 0 Å². The maximum Gasteiger partial charge on any atom is 0.231 e. The molecule has 1 atom stereocenters. The molecule has 0 heterocycles. The lowest BCUT2D eigenvalue weighted by Gasteiger charge is -2.20. The van der Waals surface area contributed by atoms with Crippen molar-refractivity contribution in [2.75, 3.05) is 5.73 Å². The molecule has 0 unspecified atom stereocenters. The second kappa shape index (κ2) is 5.24. The zero-order valence-electron chi connectivity index (χ0n) is 12.2. The number of carbonyl (C=O) groups excluding carboxylic acids is 1. The van der Waals surface area contributed by atoms with Crippen molar-refractivity contribution in [1.82, 2.24) is 5.32 Å². The van der Waals surface area contributed by atoms with Crippen LogP contribution in [-0.4, -0.2) is 5.91 Å². The number of nitrogens with two attached hydrogens (primary N) is 1. The Morgan fingerprint density at radius 1 is 1.10 bits per heavy atom. The van der Waals surface area contributed by atoms with E-state index in [4.69, 9.17) is 5.73 Å². The van der Waals surface area contributed by atoms with Crippen LogP contribution >= 0.6 is 0 Å². The monoisotopic (exact) mass is 280 g/mol. The zero-order chi connectivity index (χ0) is 14.9. The fraction of sp³-hybridized carbons (Fsp3) is 0.278. The van der Waals surface area contributed by atoms with Gasteiger partial charge in [-0.25, -0.2) is 0 Å². The van der Waals surface area contributed by atoms with E-state index in [-0.39, 0.29) is 17.4 Å². The van der Waals surface area contributed by atoms with E-state index in [2.05, 4.69) is 5.32 Å². The normalized spacial score (nSPS) is 17.0. The van der Waals surface area contributed by atoms with Crippen molar-refractivity contribution in [2.45, 2.75) is 31.2 Å². The van der Waals surface area contributed by atoms with Crippen molar-refractivity contribution < 1.29 is 4.79 Å². The van der Waals surface area contributed by atoms with Crippen molar-refractivity contribution in [1.29, 1.82) is 0 Å². The van der Waals surface area contributed by atoms with Gasteiger partial charge < -0.3 is 11.1 Å². The first-order valence-corrected chi connectivity index (χ1v) is 7.34. The molecule has 1 aliphatic carbocycles. The highest BCUT2D eigenvalue weighted by Crippen LogP contribution is 2.48. The van der Waals surface area contributed by atoms with E-state index in [0.717, 1.165) is 29.7 Å². The lowest BCUT2D eigenvalue weighted by atomic mass is 9.94. The minimum atomic E-state index is -0.350. The van der Waals surface area contributed by atoms with Crippen LogP contribution in [0.4, 0.5) is 5.69 Å². The Hall–Kier alpha value is -2.29. The highest BCUT2D eigenvalue weighted by atomic mass is 16.2. The summed E-state index contributed by atoms with van der Waals surface area (Å²) in [4.78, 5) is 12.7. The van der Waals surface area contributed by atoms with Gasteiger partial charge in [0, 0.05) is 5.69 Å². The van der Waals surface area contributed by atoms with E-state index in [0.29, 0.717) is 0 Å². The molecule has 1 aliphatic rings. The summed E-state index contributed by atoms with van der Waals surface area (Å²) in [5, 5.41) is 3.14. The Kier molecular flexibility index (Phi) is 3.42. The largest absolute Gasteiger partial charge is 0.399 e. The third-order valence-corrected chi connectivity index (χ3v) is 4.30. The van der Waals surface area contributed by atoms with Gasteiger partial charge in [-0.1, -0.05) is 42.5 Å². The fourth-order valence-corrected chi connectivity index (χ4v) is 2.73. The molecule has 3 heteroatoms. The first-order valence-electron chi connectivity index (χ1n) is 7.34. The maximum absolute atomic E-state index is 12.7. The van der Waals surface area contributed by atoms with E-state index in [1.54, 1.807) is 0 Å². The maximum atomic E-state index is 12.7. The predicted octanol–water partition coefficient (Wildman–Crippen LogP) is 3.18. The Balaban J connectivity index is 1.75. The Labute approximate surface area is 125 Å². The van der Waals surface area contributed by atoms with Gasteiger partial charge in [-0.3, -0.25) is 4.79 Å². The Bertz CT molecular complexity index is 630. The number of nitrogens with one attached hydrogen (secondary N) is 1. The molecule has 0 aliphatic heterocycles. The molecule has 0 aromatic heterocycles. The van der Waals surface area contributed by atoms with Gasteiger partial charge in [0.05, 0.1) is 11.5 Å². The van der Waals surface area contributed by atoms with Crippen LogP contribution in [0.5, 0.6) is 0 Å². The lowest BCUT2D eigenvalue weighted by molar-refractivity contribution is -0.124. The lowest BCUT2D eigenvalue weighted by Crippen LogP contribution is -2.36. The van der Waals surface area contributed by atoms with Gasteiger partial charge >= 0.3 is 0 Å². The molecule has 3 rings (SSSR count). The smallest absolute Gasteiger partial charge is 0.231 e. The third-order valence-electron chi connectivity index (χ3n) is 4.30. The second-order valence-corrected chi connectivity index (χ2v) is 5.81. The van der Waals surface area contributed by atoms with Gasteiger partial charge in [-0.15, -0.1) is 0 Å². The van der Waals surface area contributed by atoms with Crippen LogP contribution < -0.4 is 11.1 Å². The van der Waals surface area contributed by atoms with Crippen molar-refractivity contribution in [2.24, 2.45) is 0 Å². The average molecular weight is 280 g/mol. The summed E-state index contributed by atoms with van der Waals surface area (Å²) in [6.45, 7) is 2.02. The number of rotatable bonds is 4. The van der Waals surface area contributed by atoms with Gasteiger partial charge in [0.15, 0.2) is 0 Å². The molecule has 0 spiro atoms. The summed E-state index contributed by atoms with van der Waals surface area (Å²) in [7, 11) is 0. The average Bonchev–Trinajstić information content (AvgIpc) is 3.30. The van der Waals surface area contributed by atoms with Crippen molar-refractivity contribution in [3.63, 3.8) is 0 Å². The predicted molar refractivity (Wildman–Crippen MR) is 84.8 cm³/mol. The molecular formula is C18H20N2O. The molecule has 1 fully saturated rings. The van der Waals surface area contributed by atoms with Crippen LogP contribution in [0.1, 0.15) is 36.9 Å². The molecule has 0 bridgehead atoms. The van der Waals surface area contributed by atoms with E-state index < -0.39 is 0 Å². The number of hydrogen-bond donors (Lipinski definition) is 2. The third kappa shape index (κ3) is 2.64. The zero-order valence-corrected chi connectivity index (χ0v) is 12.2. The molecule has 0 saturated heterocycles. The number of benzene rings is 2. The highest BCUT2D eigenvalue weighted by Gasteiger charge is 2.51. The summed E-state index contributed by atoms with van der Waals surface area (Å²) in [6.07, 6.45) is 1.81. The minimum Gasteiger partial charge on any atom is -0.399 e. The van der Waals surface area contributed by atoms with Crippen molar-refractivity contribution >= 4 is 11.6 Å². The number of hydrogen-bond acceptors (Lipinski definition) is 2. The second-order valence-electron chi connectivity index (χ2n) is 5.81. The number of nitrogen functional groups attached to an aromatic ring is 1. The summed E-state index contributed by atoms with van der Waals surface area (Å²) in [5.74, 6) is 0.114. The van der Waals surface area contributed by atoms with Crippen LogP contribution in [0.15, 0.2) is 54.6 Å². The molecule has 0 radical (unpaired) electrons. The van der Waals surface area contributed by atoms with Crippen molar-refractivity contribution in [3.8, 4) is 0 Å². The van der Waals surface area contributed by atoms with Gasteiger partial charge in [-0.05, 0) is 43.0 Å². The fourth-order valence-electron chi connectivity index (χ4n) is 2.73. The van der Waals surface area contributed by atoms with Gasteiger partial charge in [0.1, 0.15) is 0 Å². The summed E-state index contributed by atoms with van der Waals surface area (Å²) in [5.41, 5.74) is 8.29. The molecule has 2 aromatic carbocycles.